The van der Waals surface area contributed by atoms with Gasteiger partial charge in [-0.1, -0.05) is 0 Å². The van der Waals surface area contributed by atoms with Gasteiger partial charge in [0.05, 0.1) is 6.61 Å². The van der Waals surface area contributed by atoms with E-state index in [9.17, 15) is 28.8 Å². The lowest BCUT2D eigenvalue weighted by Gasteiger charge is -2.28. The Hall–Kier alpha value is -3.70. The molecule has 0 aromatic rings. The summed E-state index contributed by atoms with van der Waals surface area (Å²) in [6, 6.07) is -0.942. The third-order valence-electron chi connectivity index (χ3n) is 4.30. The molecular weight excluding hydrogens is 422 g/mol. The minimum atomic E-state index is -0.942. The second kappa shape index (κ2) is 12.2. The summed E-state index contributed by atoms with van der Waals surface area (Å²) >= 11 is 0. The molecule has 1 aliphatic rings. The number of hydrazine groups is 1. The van der Waals surface area contributed by atoms with E-state index in [1.807, 2.05) is 0 Å². The van der Waals surface area contributed by atoms with Crippen molar-refractivity contribution in [2.24, 2.45) is 5.73 Å². The fourth-order valence-electron chi connectivity index (χ4n) is 2.95. The Morgan fingerprint density at radius 3 is 2.31 bits per heavy atom. The summed E-state index contributed by atoms with van der Waals surface area (Å²) in [6.07, 6.45) is 2.51. The van der Waals surface area contributed by atoms with Crippen molar-refractivity contribution in [1.82, 2.24) is 20.7 Å². The zero-order valence-electron chi connectivity index (χ0n) is 18.6. The molecule has 0 bridgehead atoms. The second-order valence-electron chi connectivity index (χ2n) is 7.16. The summed E-state index contributed by atoms with van der Waals surface area (Å²) in [7, 11) is 0. The molecule has 0 aromatic heterocycles. The Labute approximate surface area is 185 Å². The quantitative estimate of drug-likeness (QED) is 0.238. The van der Waals surface area contributed by atoms with Gasteiger partial charge in [0.1, 0.15) is 18.3 Å². The van der Waals surface area contributed by atoms with Crippen LogP contribution in [0.4, 0.5) is 0 Å². The molecule has 0 radical (unpaired) electrons. The van der Waals surface area contributed by atoms with Crippen LogP contribution in [0.5, 0.6) is 0 Å². The molecule has 12 heteroatoms. The number of nitrogens with one attached hydrogen (secondary N) is 2. The molecule has 1 rings (SSSR count). The molecule has 1 saturated heterocycles. The van der Waals surface area contributed by atoms with E-state index in [1.54, 1.807) is 20.8 Å². The van der Waals surface area contributed by atoms with Crippen LogP contribution in [0.3, 0.4) is 0 Å². The first-order chi connectivity index (χ1) is 15.0. The summed E-state index contributed by atoms with van der Waals surface area (Å²) in [5.74, 6) is -4.24. The van der Waals surface area contributed by atoms with Crippen molar-refractivity contribution in [3.05, 3.63) is 23.4 Å². The number of amides is 5. The largest absolute Gasteiger partial charge is 0.463 e. The number of carbonyl (C=O) groups excluding carboxylic acids is 6. The van der Waals surface area contributed by atoms with E-state index in [-0.39, 0.29) is 18.8 Å². The van der Waals surface area contributed by atoms with Crippen LogP contribution in [0, 0.1) is 0 Å². The topological polar surface area (TPSA) is 168 Å². The van der Waals surface area contributed by atoms with Gasteiger partial charge in [0, 0.05) is 25.6 Å². The fourth-order valence-corrected chi connectivity index (χ4v) is 2.95. The van der Waals surface area contributed by atoms with Crippen LogP contribution in [0.2, 0.25) is 0 Å². The van der Waals surface area contributed by atoms with Crippen LogP contribution in [-0.4, -0.2) is 71.2 Å². The molecule has 12 nitrogen and oxygen atoms in total. The number of carbonyl (C=O) groups is 6. The van der Waals surface area contributed by atoms with E-state index >= 15 is 0 Å². The minimum absolute atomic E-state index is 0.0691. The SMILES string of the molecule is CCOC(=O)/C=C/C(=O)N(CC(N)=O)NC(=O)[C@@H]1CCCN1C(=O)C(NC(C)=O)=C(C)C. The van der Waals surface area contributed by atoms with Gasteiger partial charge >= 0.3 is 5.97 Å². The van der Waals surface area contributed by atoms with E-state index in [2.05, 4.69) is 15.5 Å². The fraction of sp³-hybridized carbons (Fsp3) is 0.500. The van der Waals surface area contributed by atoms with E-state index < -0.39 is 48.1 Å². The molecule has 0 aromatic carbocycles. The zero-order valence-corrected chi connectivity index (χ0v) is 18.6. The van der Waals surface area contributed by atoms with E-state index in [4.69, 9.17) is 5.73 Å². The third-order valence-corrected chi connectivity index (χ3v) is 4.30. The van der Waals surface area contributed by atoms with Crippen LogP contribution in [0.25, 0.3) is 0 Å². The van der Waals surface area contributed by atoms with Gasteiger partial charge in [-0.2, -0.15) is 0 Å². The highest BCUT2D eigenvalue weighted by Gasteiger charge is 2.37. The Morgan fingerprint density at radius 2 is 1.78 bits per heavy atom. The summed E-state index contributed by atoms with van der Waals surface area (Å²) in [5.41, 5.74) is 8.06. The van der Waals surface area contributed by atoms with Gasteiger partial charge in [0.15, 0.2) is 0 Å². The van der Waals surface area contributed by atoms with Crippen LogP contribution in [0.1, 0.15) is 40.5 Å². The highest BCUT2D eigenvalue weighted by Crippen LogP contribution is 2.20. The Balaban J connectivity index is 3.01. The van der Waals surface area contributed by atoms with Gasteiger partial charge in [-0.25, -0.2) is 9.80 Å². The van der Waals surface area contributed by atoms with Gasteiger partial charge < -0.3 is 20.7 Å². The highest BCUT2D eigenvalue weighted by molar-refractivity contribution is 6.01. The van der Waals surface area contributed by atoms with Crippen molar-refractivity contribution in [3.8, 4) is 0 Å². The number of hydrogen-bond donors (Lipinski definition) is 3. The highest BCUT2D eigenvalue weighted by atomic mass is 16.5. The smallest absolute Gasteiger partial charge is 0.330 e. The number of likely N-dealkylation sites (tertiary alicyclic amines) is 1. The van der Waals surface area contributed by atoms with E-state index in [0.717, 1.165) is 12.2 Å². The maximum absolute atomic E-state index is 12.9. The number of allylic oxidation sites excluding steroid dienone is 1. The van der Waals surface area contributed by atoms with Crippen molar-refractivity contribution in [2.45, 2.75) is 46.6 Å². The first-order valence-electron chi connectivity index (χ1n) is 9.99. The van der Waals surface area contributed by atoms with Gasteiger partial charge in [0.25, 0.3) is 17.7 Å². The normalized spacial score (nSPS) is 15.1. The van der Waals surface area contributed by atoms with Crippen LogP contribution < -0.4 is 16.5 Å². The summed E-state index contributed by atoms with van der Waals surface area (Å²) in [5, 5.41) is 3.13. The number of nitrogens with zero attached hydrogens (tertiary/aromatic N) is 2. The van der Waals surface area contributed by atoms with Crippen molar-refractivity contribution < 1.29 is 33.5 Å². The van der Waals surface area contributed by atoms with Crippen LogP contribution in [0.15, 0.2) is 23.4 Å². The zero-order chi connectivity index (χ0) is 24.4. The van der Waals surface area contributed by atoms with Gasteiger partial charge in [0.2, 0.25) is 11.8 Å². The number of nitrogens with two attached hydrogens (primary N) is 1. The number of hydrogen-bond acceptors (Lipinski definition) is 7. The van der Waals surface area contributed by atoms with Crippen LogP contribution in [-0.2, 0) is 33.5 Å². The predicted octanol–water partition coefficient (Wildman–Crippen LogP) is -1.13. The average Bonchev–Trinajstić information content (AvgIpc) is 3.18. The molecule has 0 saturated carbocycles. The van der Waals surface area contributed by atoms with E-state index in [0.29, 0.717) is 23.4 Å². The Bertz CT molecular complexity index is 845. The molecule has 4 N–H and O–H groups in total. The molecular formula is C20H29N5O7. The molecule has 32 heavy (non-hydrogen) atoms. The van der Waals surface area contributed by atoms with Crippen molar-refractivity contribution >= 4 is 35.5 Å². The monoisotopic (exact) mass is 451 g/mol. The molecule has 5 amide bonds. The third kappa shape index (κ3) is 7.85. The van der Waals surface area contributed by atoms with Crippen molar-refractivity contribution in [1.29, 1.82) is 0 Å². The lowest BCUT2D eigenvalue weighted by molar-refractivity contribution is -0.145. The Kier molecular flexibility index (Phi) is 10.1. The minimum Gasteiger partial charge on any atom is -0.463 e. The lowest BCUT2D eigenvalue weighted by atomic mass is 10.2. The lowest BCUT2D eigenvalue weighted by Crippen LogP contribution is -2.55. The molecule has 1 heterocycles. The number of ether oxygens (including phenoxy) is 1. The van der Waals surface area contributed by atoms with Crippen molar-refractivity contribution in [3.63, 3.8) is 0 Å². The standard InChI is InChI=1S/C20H29N5O7/c1-5-32-17(29)9-8-16(28)25(11-15(21)27)23-19(30)14-7-6-10-24(14)20(31)18(12(2)3)22-13(4)26/h8-9,14H,5-7,10-11H2,1-4H3,(H2,21,27)(H,22,26)(H,23,30)/b9-8+/t14-/m0/s1. The average molecular weight is 451 g/mol. The summed E-state index contributed by atoms with van der Waals surface area (Å²) < 4.78 is 4.67. The second-order valence-corrected chi connectivity index (χ2v) is 7.16. The first-order valence-corrected chi connectivity index (χ1v) is 9.99. The molecule has 1 aliphatic heterocycles. The molecule has 0 aliphatic carbocycles. The summed E-state index contributed by atoms with van der Waals surface area (Å²) in [6.45, 7) is 5.88. The number of rotatable bonds is 8. The molecule has 0 spiro atoms. The van der Waals surface area contributed by atoms with Gasteiger partial charge in [-0.3, -0.25) is 29.4 Å². The molecule has 176 valence electrons. The van der Waals surface area contributed by atoms with Crippen molar-refractivity contribution in [2.75, 3.05) is 19.7 Å². The first kappa shape index (κ1) is 26.3. The van der Waals surface area contributed by atoms with E-state index in [1.165, 1.54) is 11.8 Å². The molecule has 0 unspecified atom stereocenters. The molecule has 1 fully saturated rings. The molecule has 1 atom stereocenters. The maximum Gasteiger partial charge on any atom is 0.330 e. The Morgan fingerprint density at radius 1 is 1.12 bits per heavy atom. The van der Waals surface area contributed by atoms with Gasteiger partial charge in [-0.15, -0.1) is 0 Å². The van der Waals surface area contributed by atoms with Crippen LogP contribution >= 0.6 is 0 Å². The maximum atomic E-state index is 12.9. The number of primary amides is 1. The summed E-state index contributed by atoms with van der Waals surface area (Å²) in [4.78, 5) is 73.6. The predicted molar refractivity (Wildman–Crippen MR) is 112 cm³/mol. The number of esters is 1. The van der Waals surface area contributed by atoms with Gasteiger partial charge in [-0.05, 0) is 39.2 Å².